The second-order valence-corrected chi connectivity index (χ2v) is 10.4. The van der Waals surface area contributed by atoms with Gasteiger partial charge in [-0.15, -0.1) is 0 Å². The third kappa shape index (κ3) is 5.66. The monoisotopic (exact) mass is 550 g/mol. The third-order valence-corrected chi connectivity index (χ3v) is 7.89. The predicted octanol–water partition coefficient (Wildman–Crippen LogP) is 4.20. The van der Waals surface area contributed by atoms with Gasteiger partial charge >= 0.3 is 6.18 Å². The number of nitriles is 1. The van der Waals surface area contributed by atoms with Crippen LogP contribution in [0.25, 0.3) is 11.3 Å². The standard InChI is InChI=1S/C25H19F5N4O3S/c26-19-5-7-21(8-6-19)38(36,37)34-14-20(27)10-23(34)24(35)33-12-16-9-22(32-13-17(16)11-31)15-1-3-18(4-2-15)25(28,29)30/h1-9,13,20,23H,10,12,14H2,(H,33,35). The first-order valence-corrected chi connectivity index (χ1v) is 12.6. The van der Waals surface area contributed by atoms with Crippen LogP contribution in [0.5, 0.6) is 0 Å². The molecule has 2 unspecified atom stereocenters. The maximum absolute atomic E-state index is 14.3. The molecule has 1 fully saturated rings. The predicted molar refractivity (Wildman–Crippen MR) is 125 cm³/mol. The summed E-state index contributed by atoms with van der Waals surface area (Å²) in [5, 5.41) is 11.9. The number of aromatic nitrogens is 1. The first kappa shape index (κ1) is 27.2. The highest BCUT2D eigenvalue weighted by Crippen LogP contribution is 2.31. The number of hydrogen-bond donors (Lipinski definition) is 1. The van der Waals surface area contributed by atoms with E-state index in [0.29, 0.717) is 9.87 Å². The van der Waals surface area contributed by atoms with Gasteiger partial charge in [0.1, 0.15) is 24.1 Å². The van der Waals surface area contributed by atoms with Crippen molar-refractivity contribution in [3.05, 3.63) is 83.3 Å². The Bertz CT molecular complexity index is 1490. The molecule has 0 saturated carbocycles. The molecule has 7 nitrogen and oxygen atoms in total. The quantitative estimate of drug-likeness (QED) is 0.464. The zero-order valence-electron chi connectivity index (χ0n) is 19.4. The number of rotatable bonds is 6. The summed E-state index contributed by atoms with van der Waals surface area (Å²) in [5.41, 5.74) is 0.0835. The third-order valence-electron chi connectivity index (χ3n) is 6.00. The highest BCUT2D eigenvalue weighted by atomic mass is 32.2. The second-order valence-electron chi connectivity index (χ2n) is 8.51. The van der Waals surface area contributed by atoms with Crippen molar-refractivity contribution in [2.45, 2.75) is 36.3 Å². The molecular weight excluding hydrogens is 531 g/mol. The van der Waals surface area contributed by atoms with Gasteiger partial charge in [-0.25, -0.2) is 17.2 Å². The molecule has 38 heavy (non-hydrogen) atoms. The fourth-order valence-electron chi connectivity index (χ4n) is 4.03. The molecular formula is C25H19F5N4O3S. The van der Waals surface area contributed by atoms with Crippen molar-refractivity contribution in [1.82, 2.24) is 14.6 Å². The minimum atomic E-state index is -4.51. The van der Waals surface area contributed by atoms with Crippen molar-refractivity contribution >= 4 is 15.9 Å². The largest absolute Gasteiger partial charge is 0.416 e. The maximum atomic E-state index is 14.3. The molecule has 2 heterocycles. The van der Waals surface area contributed by atoms with Gasteiger partial charge in [0.2, 0.25) is 15.9 Å². The number of hydrogen-bond acceptors (Lipinski definition) is 5. The molecule has 2 aromatic carbocycles. The Balaban J connectivity index is 1.53. The SMILES string of the molecule is N#Cc1cnc(-c2ccc(C(F)(F)F)cc2)cc1CNC(=O)C1CC(F)CN1S(=O)(=O)c1ccc(F)cc1. The van der Waals surface area contributed by atoms with Crippen LogP contribution >= 0.6 is 0 Å². The van der Waals surface area contributed by atoms with E-state index in [4.69, 9.17) is 0 Å². The lowest BCUT2D eigenvalue weighted by atomic mass is 10.0. The fraction of sp³-hybridized carbons (Fsp3) is 0.240. The van der Waals surface area contributed by atoms with Gasteiger partial charge in [0.05, 0.1) is 21.7 Å². The smallest absolute Gasteiger partial charge is 0.351 e. The van der Waals surface area contributed by atoms with Crippen LogP contribution < -0.4 is 5.32 Å². The van der Waals surface area contributed by atoms with E-state index in [1.54, 1.807) is 0 Å². The zero-order chi connectivity index (χ0) is 27.7. The van der Waals surface area contributed by atoms with Gasteiger partial charge < -0.3 is 5.32 Å². The number of carbonyl (C=O) groups is 1. The minimum Gasteiger partial charge on any atom is -0.351 e. The topological polar surface area (TPSA) is 103 Å². The van der Waals surface area contributed by atoms with E-state index >= 15 is 0 Å². The highest BCUT2D eigenvalue weighted by molar-refractivity contribution is 7.89. The van der Waals surface area contributed by atoms with Gasteiger partial charge in [-0.1, -0.05) is 12.1 Å². The Hall–Kier alpha value is -3.89. The van der Waals surface area contributed by atoms with Crippen molar-refractivity contribution in [3.63, 3.8) is 0 Å². The van der Waals surface area contributed by atoms with Crippen LogP contribution in [-0.4, -0.2) is 42.4 Å². The molecule has 0 bridgehead atoms. The highest BCUT2D eigenvalue weighted by Gasteiger charge is 2.44. The number of pyridine rings is 1. The van der Waals surface area contributed by atoms with Crippen LogP contribution in [0.15, 0.2) is 65.7 Å². The zero-order valence-corrected chi connectivity index (χ0v) is 20.2. The summed E-state index contributed by atoms with van der Waals surface area (Å²) in [5.74, 6) is -1.48. The van der Waals surface area contributed by atoms with Crippen molar-refractivity contribution < 1.29 is 35.2 Å². The molecule has 1 aliphatic rings. The summed E-state index contributed by atoms with van der Waals surface area (Å²) in [6.07, 6.45) is -5.32. The van der Waals surface area contributed by atoms with Gasteiger partial charge in [0.15, 0.2) is 0 Å². The van der Waals surface area contributed by atoms with Crippen molar-refractivity contribution in [2.24, 2.45) is 0 Å². The molecule has 3 aromatic rings. The molecule has 13 heteroatoms. The van der Waals surface area contributed by atoms with E-state index in [1.165, 1.54) is 24.4 Å². The number of carbonyl (C=O) groups excluding carboxylic acids is 1. The molecule has 0 aliphatic carbocycles. The first-order valence-electron chi connectivity index (χ1n) is 11.2. The minimum absolute atomic E-state index is 0.0755. The van der Waals surface area contributed by atoms with Gasteiger partial charge in [0.25, 0.3) is 0 Å². The van der Waals surface area contributed by atoms with Crippen LogP contribution in [0.3, 0.4) is 0 Å². The Morgan fingerprint density at radius 2 is 1.79 bits per heavy atom. The van der Waals surface area contributed by atoms with E-state index in [9.17, 15) is 40.4 Å². The van der Waals surface area contributed by atoms with Crippen LogP contribution in [0.1, 0.15) is 23.1 Å². The summed E-state index contributed by atoms with van der Waals surface area (Å²) in [6, 6.07) is 10.1. The fourth-order valence-corrected chi connectivity index (χ4v) is 5.66. The molecule has 1 N–H and O–H groups in total. The normalized spacial score (nSPS) is 18.2. The van der Waals surface area contributed by atoms with Crippen molar-refractivity contribution in [2.75, 3.05) is 6.54 Å². The number of nitrogens with one attached hydrogen (secondary N) is 1. The lowest BCUT2D eigenvalue weighted by molar-refractivity contribution is -0.137. The summed E-state index contributed by atoms with van der Waals surface area (Å²) >= 11 is 0. The van der Waals surface area contributed by atoms with Crippen LogP contribution in [0, 0.1) is 17.1 Å². The van der Waals surface area contributed by atoms with E-state index in [1.807, 2.05) is 6.07 Å². The van der Waals surface area contributed by atoms with Crippen molar-refractivity contribution in [3.8, 4) is 17.3 Å². The summed E-state index contributed by atoms with van der Waals surface area (Å²) in [4.78, 5) is 16.7. The van der Waals surface area contributed by atoms with E-state index in [-0.39, 0.29) is 28.3 Å². The van der Waals surface area contributed by atoms with E-state index in [2.05, 4.69) is 10.3 Å². The molecule has 4 rings (SSSR count). The molecule has 2 atom stereocenters. The molecule has 1 saturated heterocycles. The summed E-state index contributed by atoms with van der Waals surface area (Å²) in [7, 11) is -4.31. The molecule has 198 valence electrons. The van der Waals surface area contributed by atoms with Gasteiger partial charge in [-0.05, 0) is 48.0 Å². The number of benzene rings is 2. The number of sulfonamides is 1. The molecule has 1 aliphatic heterocycles. The Morgan fingerprint density at radius 1 is 1.13 bits per heavy atom. The number of amides is 1. The second kappa shape index (κ2) is 10.5. The number of nitrogens with zero attached hydrogens (tertiary/aromatic N) is 3. The van der Waals surface area contributed by atoms with E-state index < -0.39 is 58.7 Å². The Kier molecular flexibility index (Phi) is 7.48. The average Bonchev–Trinajstić information content (AvgIpc) is 3.29. The van der Waals surface area contributed by atoms with Crippen LogP contribution in [0.2, 0.25) is 0 Å². The lowest BCUT2D eigenvalue weighted by Crippen LogP contribution is -2.45. The average molecular weight is 551 g/mol. The van der Waals surface area contributed by atoms with Crippen molar-refractivity contribution in [1.29, 1.82) is 5.26 Å². The number of alkyl halides is 4. The van der Waals surface area contributed by atoms with E-state index in [0.717, 1.165) is 36.4 Å². The molecule has 1 aromatic heterocycles. The molecule has 0 radical (unpaired) electrons. The summed E-state index contributed by atoms with van der Waals surface area (Å²) < 4.78 is 92.8. The number of halogens is 5. The Labute approximate surface area is 214 Å². The van der Waals surface area contributed by atoms with Crippen LogP contribution in [0.4, 0.5) is 22.0 Å². The van der Waals surface area contributed by atoms with Crippen LogP contribution in [-0.2, 0) is 27.5 Å². The Morgan fingerprint density at radius 3 is 2.39 bits per heavy atom. The summed E-state index contributed by atoms with van der Waals surface area (Å²) in [6.45, 7) is -0.815. The van der Waals surface area contributed by atoms with Gasteiger partial charge in [-0.3, -0.25) is 9.78 Å². The van der Waals surface area contributed by atoms with Gasteiger partial charge in [0, 0.05) is 31.3 Å². The molecule has 0 spiro atoms. The maximum Gasteiger partial charge on any atom is 0.416 e. The first-order chi connectivity index (χ1) is 17.9. The molecule has 1 amide bonds. The lowest BCUT2D eigenvalue weighted by Gasteiger charge is -2.23. The van der Waals surface area contributed by atoms with Gasteiger partial charge in [-0.2, -0.15) is 22.7 Å².